The van der Waals surface area contributed by atoms with Gasteiger partial charge in [0, 0.05) is 0 Å². The molecule has 8 atom stereocenters. The van der Waals surface area contributed by atoms with Gasteiger partial charge in [0.2, 0.25) is 0 Å². The van der Waals surface area contributed by atoms with Crippen molar-refractivity contribution in [1.29, 1.82) is 0 Å². The van der Waals surface area contributed by atoms with Gasteiger partial charge in [-0.25, -0.2) is 0 Å². The minimum atomic E-state index is -1.67. The number of allylic oxidation sites excluding steroid dienone is 8. The van der Waals surface area contributed by atoms with Crippen LogP contribution >= 0.6 is 32.9 Å². The predicted octanol–water partition coefficient (Wildman–Crippen LogP) is 27.0. The van der Waals surface area contributed by atoms with Crippen molar-refractivity contribution in [3.8, 4) is 0 Å². The van der Waals surface area contributed by atoms with Gasteiger partial charge in [0.1, 0.15) is 0 Å². The molecule has 4 aromatic rings. The summed E-state index contributed by atoms with van der Waals surface area (Å²) in [5, 5.41) is 7.61. The zero-order valence-electron chi connectivity index (χ0n) is 93.8. The molecule has 0 amide bonds. The monoisotopic (exact) mass is 2180 g/mol. The van der Waals surface area contributed by atoms with E-state index in [1.54, 1.807) is 73.2 Å². The van der Waals surface area contributed by atoms with Gasteiger partial charge in [0.05, 0.1) is 0 Å². The normalized spacial score (nSPS) is 25.7. The maximum absolute atomic E-state index is 3.07. The van der Waals surface area contributed by atoms with Gasteiger partial charge in [-0.2, -0.15) is 0 Å². The molecule has 12 nitrogen and oxygen atoms in total. The van der Waals surface area contributed by atoms with Crippen molar-refractivity contribution < 1.29 is 0 Å². The molecular formula is C111H198Ge4N12P4Si2. The van der Waals surface area contributed by atoms with E-state index in [9.17, 15) is 0 Å². The second-order valence-electron chi connectivity index (χ2n) is 52.8. The minimum absolute atomic E-state index is 0.215. The Labute approximate surface area is 857 Å². The molecule has 4 aliphatic heterocycles. The van der Waals surface area contributed by atoms with E-state index in [2.05, 4.69) is 401 Å². The molecule has 4 aromatic carbocycles. The third-order valence-corrected chi connectivity index (χ3v) is 71.5. The van der Waals surface area contributed by atoms with E-state index in [0.717, 1.165) is 47.3 Å². The van der Waals surface area contributed by atoms with Crippen LogP contribution < -0.4 is 15.4 Å². The summed E-state index contributed by atoms with van der Waals surface area (Å²) in [6.45, 7) is 105. The van der Waals surface area contributed by atoms with Gasteiger partial charge in [0.25, 0.3) is 0 Å². The van der Waals surface area contributed by atoms with Gasteiger partial charge in [-0.15, -0.1) is 0 Å². The topological polar surface area (TPSA) is 38.9 Å². The van der Waals surface area contributed by atoms with Crippen molar-refractivity contribution in [2.24, 2.45) is 47.3 Å². The molecule has 0 radical (unpaired) electrons. The fraction of sp³-hybridized carbons (Fsp3) is 0.712. The van der Waals surface area contributed by atoms with Crippen molar-refractivity contribution in [2.45, 2.75) is 440 Å². The van der Waals surface area contributed by atoms with Gasteiger partial charge in [-0.05, 0) is 0 Å². The Morgan fingerprint density at radius 3 is 0.714 bits per heavy atom. The van der Waals surface area contributed by atoms with Crippen LogP contribution in [0, 0.1) is 68.1 Å². The van der Waals surface area contributed by atoms with Gasteiger partial charge >= 0.3 is 865 Å². The number of hydrogen-bond acceptors (Lipinski definition) is 12. The molecule has 746 valence electrons. The second kappa shape index (κ2) is 40.8. The van der Waals surface area contributed by atoms with Crippen LogP contribution in [0.3, 0.4) is 0 Å². The van der Waals surface area contributed by atoms with Gasteiger partial charge in [0.15, 0.2) is 0 Å². The van der Waals surface area contributed by atoms with Crippen LogP contribution in [0.5, 0.6) is 0 Å². The number of hydrogen-bond donors (Lipinski definition) is 0. The molecule has 4 saturated heterocycles. The summed E-state index contributed by atoms with van der Waals surface area (Å²) in [5.74, 6) is 9.75. The molecule has 0 N–H and O–H groups in total. The van der Waals surface area contributed by atoms with Crippen LogP contribution in [0.1, 0.15) is 398 Å². The predicted molar refractivity (Wildman–Crippen MR) is 617 cm³/mol. The summed E-state index contributed by atoms with van der Waals surface area (Å²) in [4.78, 5) is 0. The molecule has 16 rings (SSSR count). The number of aryl methyl sites for hydroxylation is 3. The van der Waals surface area contributed by atoms with Gasteiger partial charge in [-0.1, -0.05) is 0 Å². The molecule has 0 spiro atoms. The first-order chi connectivity index (χ1) is 61.4. The fourth-order valence-electron chi connectivity index (χ4n) is 29.0. The molecule has 12 aliphatic rings. The summed E-state index contributed by atoms with van der Waals surface area (Å²) in [7, 11) is -6.88. The SMILES string of the molecule is CC(C)c1cccc(C(C)C)c1[N]([GeH3-])C1=C([PH+]2N(C(C)(C)C)CCN2C(C)(C)C)[C@H]2CC[C@@H]1C2.CC(C)c1cccc(C(C)C)c1[N]([GeH3-])C1=C([PH+]2N(C(C)(C)C)[Si](C)(C)N2C(C)(C)C)[C@H]2CC[C@@H]1C2.CC(C)c1cccc(C(C)C)c1[N]([GeH3-])C1=C([PH+]2N(C(C)C)CCN2C(C)C)[C@H]2CC[C@@H]1C2.Cc1cc(C)c([N]([GeH3-])C2=C([PH+]3N(C(C)(C)C)[Si](C)(C)N3C(C)(C)C)[C@H]3CC[C@@H]2C3)c(C)c1. The molecule has 8 bridgehead atoms. The molecule has 22 heteroatoms. The first kappa shape index (κ1) is 109. The average Bonchev–Trinajstić information content (AvgIpc) is 1.67. The van der Waals surface area contributed by atoms with E-state index in [-0.39, 0.29) is 33.2 Å². The van der Waals surface area contributed by atoms with Crippen LogP contribution in [0.4, 0.5) is 22.7 Å². The molecule has 8 aliphatic carbocycles. The number of para-hydroxylation sites is 3. The Balaban J connectivity index is 0.000000151. The number of anilines is 4. The van der Waals surface area contributed by atoms with Crippen molar-refractivity contribution >= 4 is 139 Å². The fourth-order valence-corrected chi connectivity index (χ4v) is 72.6. The van der Waals surface area contributed by atoms with Crippen molar-refractivity contribution in [3.05, 3.63) is 161 Å². The zero-order valence-corrected chi connectivity index (χ0v) is 117. The van der Waals surface area contributed by atoms with E-state index >= 15 is 0 Å². The van der Waals surface area contributed by atoms with Crippen LogP contribution in [0.15, 0.2) is 111 Å². The first-order valence-corrected chi connectivity index (χ1v) is 72.5. The summed E-state index contributed by atoms with van der Waals surface area (Å²) in [5.41, 5.74) is 28.4. The van der Waals surface area contributed by atoms with Crippen molar-refractivity contribution in [3.63, 3.8) is 0 Å². The van der Waals surface area contributed by atoms with Crippen LogP contribution in [-0.2, 0) is 0 Å². The Kier molecular flexibility index (Phi) is 33.5. The summed E-state index contributed by atoms with van der Waals surface area (Å²) >= 11 is 2.35. The zero-order chi connectivity index (χ0) is 98.7. The summed E-state index contributed by atoms with van der Waals surface area (Å²) in [6, 6.07) is 27.4. The van der Waals surface area contributed by atoms with Gasteiger partial charge < -0.3 is 0 Å². The molecule has 8 fully saturated rings. The van der Waals surface area contributed by atoms with E-state index in [1.807, 2.05) is 21.3 Å². The van der Waals surface area contributed by atoms with Gasteiger partial charge in [-0.3, -0.25) is 0 Å². The van der Waals surface area contributed by atoms with E-state index in [1.165, 1.54) is 126 Å². The second-order valence-corrected chi connectivity index (χ2v) is 78.6. The number of benzene rings is 4. The average molecular weight is 2170 g/mol. The van der Waals surface area contributed by atoms with Crippen molar-refractivity contribution in [2.75, 3.05) is 41.6 Å². The van der Waals surface area contributed by atoms with Crippen LogP contribution in [0.2, 0.25) is 26.2 Å². The number of fused-ring (bicyclic) bond motifs is 8. The standard InChI is InChI=1S/C29H52GeN3PSi.C29H50GeN3P.C27H46GeN3P.C26H46GeN3PSi/c1-19(2)23-14-13-15-24(20(3)4)26(23)31(30)25-21-16-17-22(18-21)27(25)34-32(28(5,6)7)35(11,12)33(34)29(8,9)10;1-19(2)23-12-11-13-24(20(3)4)26(23)33(30)25-21-14-15-22(18-21)27(25)34-31(28(5,6)7)16-17-32(34)29(8,9)10;1-17(2)23-10-9-11-24(18(3)4)26(23)31(28)25-21-12-13-22(16-21)27(25)32-29(19(5)6)14-15-30(32)20(7)8;1-17-14-18(2)22(19(3)15-17)28(27)23-20-12-13-21(16-20)24(23)31-29(25(4,5)6)32(10,11)30(31)26(7,8)9/h13-15,19-22H,16-18H2,1-12,30H3;11-13,19-22H,14-18H2,1-10,30H3;9-11,17-22H,12-16H2,1-8,28H3;14-15,20-21H,12-13,16H2,1-11,27H3/q4*-1/p+4/t3*21-,22+;20-,21+/m1111/s1. The first-order valence-electron chi connectivity index (χ1n) is 53.6. The van der Waals surface area contributed by atoms with Crippen LogP contribution in [0.25, 0.3) is 0 Å². The molecule has 0 aromatic heterocycles. The molecule has 4 heterocycles. The van der Waals surface area contributed by atoms with E-state index in [4.69, 9.17) is 0 Å². The Bertz CT molecular complexity index is 4800. The third-order valence-electron chi connectivity index (χ3n) is 33.2. The molecular weight excluding hydrogens is 1970 g/mol. The number of rotatable bonds is 20. The number of nitrogens with zero attached hydrogens (tertiary/aromatic N) is 12. The Morgan fingerprint density at radius 2 is 0.504 bits per heavy atom. The van der Waals surface area contributed by atoms with E-state index in [0.29, 0.717) is 115 Å². The van der Waals surface area contributed by atoms with E-state index < -0.39 is 49.7 Å². The van der Waals surface area contributed by atoms with Crippen molar-refractivity contribution in [1.82, 2.24) is 36.0 Å². The summed E-state index contributed by atoms with van der Waals surface area (Å²) < 4.78 is 35.4. The maximum atomic E-state index is 3.07. The molecule has 4 saturated carbocycles. The molecule has 0 unspecified atom stereocenters. The Morgan fingerprint density at radius 1 is 0.293 bits per heavy atom. The van der Waals surface area contributed by atoms with Crippen LogP contribution in [-0.4, -0.2) is 191 Å². The summed E-state index contributed by atoms with van der Waals surface area (Å²) in [6.07, 6.45) is 16.9. The quantitative estimate of drug-likeness (QED) is 0.0625. The Hall–Kier alpha value is -0.955. The third kappa shape index (κ3) is 20.9. The molecule has 133 heavy (non-hydrogen) atoms.